The maximum Gasteiger partial charge on any atom is 0.340 e. The molecule has 2 heterocycles. The zero-order valence-electron chi connectivity index (χ0n) is 16.3. The molecule has 0 aliphatic carbocycles. The monoisotopic (exact) mass is 384 g/mol. The predicted molar refractivity (Wildman–Crippen MR) is 102 cm³/mol. The van der Waals surface area contributed by atoms with Gasteiger partial charge in [-0.1, -0.05) is 13.3 Å². The number of furan rings is 1. The lowest BCUT2D eigenvalue weighted by Gasteiger charge is -2.19. The standard InChI is InChI=1S/C21H23NO6/c1-5-6-14(20(24)25)22-16(23)8-13-12(4)18-15(28-21(13)26)7-10(2)17-11(3)9-27-19(17)18/h7,9,14H,5-6,8H2,1-4H3,(H,22,23)(H,24,25)/p-1/t14-/m0/s1. The van der Waals surface area contributed by atoms with E-state index in [0.29, 0.717) is 28.5 Å². The van der Waals surface area contributed by atoms with Crippen LogP contribution in [0.1, 0.15) is 42.0 Å². The molecular weight excluding hydrogens is 362 g/mol. The lowest BCUT2D eigenvalue weighted by Crippen LogP contribution is -2.48. The number of aryl methyl sites for hydroxylation is 3. The number of rotatable bonds is 6. The van der Waals surface area contributed by atoms with Crippen molar-refractivity contribution in [3.63, 3.8) is 0 Å². The molecule has 1 atom stereocenters. The normalized spacial score (nSPS) is 12.4. The molecule has 2 aromatic heterocycles. The first kappa shape index (κ1) is 19.7. The van der Waals surface area contributed by atoms with Gasteiger partial charge in [-0.3, -0.25) is 4.79 Å². The van der Waals surface area contributed by atoms with Crippen LogP contribution in [-0.2, 0) is 16.0 Å². The van der Waals surface area contributed by atoms with Gasteiger partial charge in [0, 0.05) is 5.39 Å². The number of aliphatic carboxylic acids is 1. The number of nitrogens with one attached hydrogen (secondary N) is 1. The zero-order valence-corrected chi connectivity index (χ0v) is 16.3. The van der Waals surface area contributed by atoms with Crippen molar-refractivity contribution >= 4 is 33.8 Å². The van der Waals surface area contributed by atoms with E-state index in [1.165, 1.54) is 0 Å². The maximum absolute atomic E-state index is 12.5. The van der Waals surface area contributed by atoms with Crippen molar-refractivity contribution in [3.8, 4) is 0 Å². The molecule has 148 valence electrons. The van der Waals surface area contributed by atoms with Gasteiger partial charge in [-0.2, -0.15) is 0 Å². The third-order valence-corrected chi connectivity index (χ3v) is 5.00. The van der Waals surface area contributed by atoms with Gasteiger partial charge in [-0.05, 0) is 49.9 Å². The number of carbonyl (C=O) groups excluding carboxylic acids is 2. The summed E-state index contributed by atoms with van der Waals surface area (Å²) >= 11 is 0. The van der Waals surface area contributed by atoms with E-state index in [0.717, 1.165) is 16.5 Å². The summed E-state index contributed by atoms with van der Waals surface area (Å²) in [7, 11) is 0. The Bertz CT molecular complexity index is 1140. The van der Waals surface area contributed by atoms with Gasteiger partial charge in [0.2, 0.25) is 5.91 Å². The zero-order chi connectivity index (χ0) is 20.6. The highest BCUT2D eigenvalue weighted by Crippen LogP contribution is 2.34. The van der Waals surface area contributed by atoms with Crippen LogP contribution in [0.2, 0.25) is 0 Å². The average Bonchev–Trinajstić information content (AvgIpc) is 3.00. The minimum absolute atomic E-state index is 0.179. The van der Waals surface area contributed by atoms with Crippen LogP contribution in [0.25, 0.3) is 21.9 Å². The van der Waals surface area contributed by atoms with Crippen molar-refractivity contribution < 1.29 is 23.5 Å². The third kappa shape index (κ3) is 3.40. The average molecular weight is 384 g/mol. The Morgan fingerprint density at radius 1 is 1.18 bits per heavy atom. The van der Waals surface area contributed by atoms with E-state index < -0.39 is 23.5 Å². The highest BCUT2D eigenvalue weighted by molar-refractivity contribution is 6.07. The van der Waals surface area contributed by atoms with Crippen LogP contribution >= 0.6 is 0 Å². The summed E-state index contributed by atoms with van der Waals surface area (Å²) in [6.45, 7) is 7.38. The molecule has 3 rings (SSSR count). The van der Waals surface area contributed by atoms with Crippen LogP contribution < -0.4 is 16.0 Å². The molecule has 0 aliphatic heterocycles. The van der Waals surface area contributed by atoms with Gasteiger partial charge in [0.1, 0.15) is 11.2 Å². The molecule has 1 N–H and O–H groups in total. The van der Waals surface area contributed by atoms with Crippen LogP contribution in [0.4, 0.5) is 0 Å². The summed E-state index contributed by atoms with van der Waals surface area (Å²) in [5.74, 6) is -1.92. The highest BCUT2D eigenvalue weighted by atomic mass is 16.4. The Labute approximate surface area is 161 Å². The smallest absolute Gasteiger partial charge is 0.340 e. The van der Waals surface area contributed by atoms with Gasteiger partial charge in [-0.15, -0.1) is 0 Å². The number of hydrogen-bond donors (Lipinski definition) is 1. The molecule has 0 spiro atoms. The number of hydrogen-bond acceptors (Lipinski definition) is 6. The summed E-state index contributed by atoms with van der Waals surface area (Å²) in [6, 6.07) is 0.693. The first-order chi connectivity index (χ1) is 13.2. The number of benzene rings is 1. The highest BCUT2D eigenvalue weighted by Gasteiger charge is 2.21. The van der Waals surface area contributed by atoms with E-state index in [1.807, 2.05) is 20.8 Å². The van der Waals surface area contributed by atoms with Crippen molar-refractivity contribution in [1.29, 1.82) is 0 Å². The molecule has 0 unspecified atom stereocenters. The van der Waals surface area contributed by atoms with Crippen molar-refractivity contribution in [3.05, 3.63) is 45.0 Å². The molecule has 0 saturated heterocycles. The van der Waals surface area contributed by atoms with Crippen molar-refractivity contribution in [1.82, 2.24) is 5.32 Å². The second-order valence-corrected chi connectivity index (χ2v) is 7.09. The third-order valence-electron chi connectivity index (χ3n) is 5.00. The Hall–Kier alpha value is -3.09. The number of carboxylic acid groups (broad SMARTS) is 1. The van der Waals surface area contributed by atoms with Crippen LogP contribution in [0.15, 0.2) is 26.0 Å². The van der Waals surface area contributed by atoms with Gasteiger partial charge < -0.3 is 24.1 Å². The van der Waals surface area contributed by atoms with Crippen molar-refractivity contribution in [2.75, 3.05) is 0 Å². The molecule has 28 heavy (non-hydrogen) atoms. The van der Waals surface area contributed by atoms with E-state index in [1.54, 1.807) is 19.3 Å². The first-order valence-electron chi connectivity index (χ1n) is 9.18. The fourth-order valence-electron chi connectivity index (χ4n) is 3.62. The summed E-state index contributed by atoms with van der Waals surface area (Å²) in [4.78, 5) is 36.0. The second kappa shape index (κ2) is 7.50. The number of carboxylic acids is 1. The molecule has 7 heteroatoms. The molecule has 0 saturated carbocycles. The summed E-state index contributed by atoms with van der Waals surface area (Å²) in [5.41, 5.74) is 3.04. The van der Waals surface area contributed by atoms with Crippen LogP contribution in [-0.4, -0.2) is 17.9 Å². The molecular formula is C21H22NO6-. The lowest BCUT2D eigenvalue weighted by molar-refractivity contribution is -0.308. The van der Waals surface area contributed by atoms with Gasteiger partial charge in [0.05, 0.1) is 35.6 Å². The molecule has 1 aromatic carbocycles. The van der Waals surface area contributed by atoms with Gasteiger partial charge in [0.25, 0.3) is 0 Å². The molecule has 3 aromatic rings. The minimum Gasteiger partial charge on any atom is -0.548 e. The molecule has 0 radical (unpaired) electrons. The second-order valence-electron chi connectivity index (χ2n) is 7.09. The largest absolute Gasteiger partial charge is 0.548 e. The van der Waals surface area contributed by atoms with E-state index in [4.69, 9.17) is 8.83 Å². The Morgan fingerprint density at radius 2 is 1.89 bits per heavy atom. The number of carbonyl (C=O) groups is 2. The minimum atomic E-state index is -1.35. The summed E-state index contributed by atoms with van der Waals surface area (Å²) < 4.78 is 11.2. The topological polar surface area (TPSA) is 113 Å². The Morgan fingerprint density at radius 3 is 2.54 bits per heavy atom. The molecule has 0 bridgehead atoms. The maximum atomic E-state index is 12.5. The predicted octanol–water partition coefficient (Wildman–Crippen LogP) is 2.04. The molecule has 0 fully saturated rings. The van der Waals surface area contributed by atoms with E-state index in [9.17, 15) is 19.5 Å². The Balaban J connectivity index is 2.06. The summed E-state index contributed by atoms with van der Waals surface area (Å²) in [6.07, 6.45) is 2.19. The fraction of sp³-hybridized carbons (Fsp3) is 0.381. The van der Waals surface area contributed by atoms with Gasteiger partial charge in [0.15, 0.2) is 0 Å². The van der Waals surface area contributed by atoms with Crippen molar-refractivity contribution in [2.24, 2.45) is 0 Å². The fourth-order valence-corrected chi connectivity index (χ4v) is 3.62. The van der Waals surface area contributed by atoms with E-state index >= 15 is 0 Å². The molecule has 7 nitrogen and oxygen atoms in total. The van der Waals surface area contributed by atoms with Crippen LogP contribution in [0, 0.1) is 20.8 Å². The number of amides is 1. The SMILES string of the molecule is CCC[C@H](NC(=O)Cc1c(C)c2c(cc(C)c3c(C)coc32)oc1=O)C(=O)[O-]. The van der Waals surface area contributed by atoms with E-state index in [2.05, 4.69) is 5.32 Å². The molecule has 0 aliphatic rings. The quantitative estimate of drug-likeness (QED) is 0.651. The lowest BCUT2D eigenvalue weighted by atomic mass is 9.98. The number of fused-ring (bicyclic) bond motifs is 3. The van der Waals surface area contributed by atoms with Crippen LogP contribution in [0.3, 0.4) is 0 Å². The van der Waals surface area contributed by atoms with Crippen LogP contribution in [0.5, 0.6) is 0 Å². The van der Waals surface area contributed by atoms with E-state index in [-0.39, 0.29) is 18.4 Å². The van der Waals surface area contributed by atoms with Gasteiger partial charge in [-0.25, -0.2) is 4.79 Å². The summed E-state index contributed by atoms with van der Waals surface area (Å²) in [5, 5.41) is 15.1. The van der Waals surface area contributed by atoms with Crippen molar-refractivity contribution in [2.45, 2.75) is 53.0 Å². The Kier molecular flexibility index (Phi) is 5.27. The first-order valence-corrected chi connectivity index (χ1v) is 9.18. The van der Waals surface area contributed by atoms with Gasteiger partial charge >= 0.3 is 5.63 Å². The molecule has 1 amide bonds.